The van der Waals surface area contributed by atoms with E-state index in [-0.39, 0.29) is 12.4 Å². The Kier molecular flexibility index (Phi) is 4.17. The zero-order valence-electron chi connectivity index (χ0n) is 8.75. The van der Waals surface area contributed by atoms with Gasteiger partial charge < -0.3 is 19.9 Å². The molecule has 0 bridgehead atoms. The fraction of sp³-hybridized carbons (Fsp3) is 0.400. The average molecular weight is 215 g/mol. The minimum Gasteiger partial charge on any atom is -0.493 e. The lowest BCUT2D eigenvalue weighted by Gasteiger charge is -2.11. The van der Waals surface area contributed by atoms with Gasteiger partial charge >= 0.3 is 0 Å². The number of hydrogen-bond acceptors (Lipinski definition) is 4. The molecule has 0 saturated carbocycles. The summed E-state index contributed by atoms with van der Waals surface area (Å²) < 4.78 is 28.4. The lowest BCUT2D eigenvalue weighted by molar-refractivity contribution is 0.301. The highest BCUT2D eigenvalue weighted by atomic mass is 19.1. The summed E-state index contributed by atoms with van der Waals surface area (Å²) in [5.74, 6) is 0.361. The largest absolute Gasteiger partial charge is 0.493 e. The summed E-state index contributed by atoms with van der Waals surface area (Å²) in [5, 5.41) is 0. The third-order valence-corrected chi connectivity index (χ3v) is 1.81. The standard InChI is InChI=1S/C10H14FNO3/c1-13-9-5-7(11)8(15-4-3-12)6-10(9)14-2/h5-6H,3-4,12H2,1-2H3. The van der Waals surface area contributed by atoms with Crippen molar-refractivity contribution in [3.63, 3.8) is 0 Å². The van der Waals surface area contributed by atoms with Crippen LogP contribution in [-0.4, -0.2) is 27.4 Å². The Bertz CT molecular complexity index is 331. The molecular formula is C10H14FNO3. The van der Waals surface area contributed by atoms with Crippen molar-refractivity contribution in [2.75, 3.05) is 27.4 Å². The second-order valence-corrected chi connectivity index (χ2v) is 2.77. The van der Waals surface area contributed by atoms with Gasteiger partial charge in [-0.3, -0.25) is 0 Å². The van der Waals surface area contributed by atoms with E-state index in [1.807, 2.05) is 0 Å². The fourth-order valence-electron chi connectivity index (χ4n) is 1.12. The molecule has 0 aliphatic heterocycles. The van der Waals surface area contributed by atoms with Crippen molar-refractivity contribution in [2.45, 2.75) is 0 Å². The first-order chi connectivity index (χ1) is 7.22. The van der Waals surface area contributed by atoms with Crippen LogP contribution in [0.15, 0.2) is 12.1 Å². The second-order valence-electron chi connectivity index (χ2n) is 2.77. The number of ether oxygens (including phenoxy) is 3. The molecule has 0 aliphatic rings. The van der Waals surface area contributed by atoms with Gasteiger partial charge in [0.25, 0.3) is 0 Å². The van der Waals surface area contributed by atoms with Gasteiger partial charge in [-0.2, -0.15) is 0 Å². The summed E-state index contributed by atoms with van der Waals surface area (Å²) in [5.41, 5.74) is 5.25. The Morgan fingerprint density at radius 3 is 2.27 bits per heavy atom. The molecule has 0 aliphatic carbocycles. The molecule has 0 amide bonds. The van der Waals surface area contributed by atoms with E-state index in [0.717, 1.165) is 0 Å². The number of halogens is 1. The van der Waals surface area contributed by atoms with E-state index in [1.54, 1.807) is 0 Å². The molecule has 0 heterocycles. The van der Waals surface area contributed by atoms with E-state index in [1.165, 1.54) is 26.4 Å². The SMILES string of the molecule is COc1cc(F)c(OCCN)cc1OC. The van der Waals surface area contributed by atoms with Gasteiger partial charge in [-0.15, -0.1) is 0 Å². The van der Waals surface area contributed by atoms with Crippen LogP contribution in [0.5, 0.6) is 17.2 Å². The Labute approximate surface area is 87.7 Å². The zero-order valence-corrected chi connectivity index (χ0v) is 8.75. The summed E-state index contributed by atoms with van der Waals surface area (Å²) in [4.78, 5) is 0. The molecule has 84 valence electrons. The number of methoxy groups -OCH3 is 2. The van der Waals surface area contributed by atoms with Crippen molar-refractivity contribution in [3.8, 4) is 17.2 Å². The Morgan fingerprint density at radius 1 is 1.13 bits per heavy atom. The number of rotatable bonds is 5. The van der Waals surface area contributed by atoms with Crippen LogP contribution in [0.3, 0.4) is 0 Å². The summed E-state index contributed by atoms with van der Waals surface area (Å²) in [6.45, 7) is 0.584. The smallest absolute Gasteiger partial charge is 0.169 e. The molecule has 1 rings (SSSR count). The van der Waals surface area contributed by atoms with E-state index in [9.17, 15) is 4.39 Å². The van der Waals surface area contributed by atoms with Gasteiger partial charge in [0.1, 0.15) is 6.61 Å². The van der Waals surface area contributed by atoms with Crippen molar-refractivity contribution in [1.82, 2.24) is 0 Å². The Morgan fingerprint density at radius 2 is 1.73 bits per heavy atom. The van der Waals surface area contributed by atoms with E-state index in [4.69, 9.17) is 19.9 Å². The molecule has 0 spiro atoms. The molecular weight excluding hydrogens is 201 g/mol. The zero-order chi connectivity index (χ0) is 11.3. The van der Waals surface area contributed by atoms with Crippen LogP contribution >= 0.6 is 0 Å². The molecule has 2 N–H and O–H groups in total. The molecule has 0 unspecified atom stereocenters. The van der Waals surface area contributed by atoms with Crippen molar-refractivity contribution >= 4 is 0 Å². The van der Waals surface area contributed by atoms with Gasteiger partial charge in [-0.05, 0) is 0 Å². The summed E-state index contributed by atoms with van der Waals surface area (Å²) >= 11 is 0. The molecule has 5 heteroatoms. The van der Waals surface area contributed by atoms with Crippen molar-refractivity contribution < 1.29 is 18.6 Å². The highest BCUT2D eigenvalue weighted by Crippen LogP contribution is 2.33. The minimum absolute atomic E-state index is 0.109. The van der Waals surface area contributed by atoms with Crippen LogP contribution in [0.1, 0.15) is 0 Å². The molecule has 1 aromatic rings. The van der Waals surface area contributed by atoms with Gasteiger partial charge in [0.15, 0.2) is 23.1 Å². The molecule has 0 aromatic heterocycles. The summed E-state index contributed by atoms with van der Waals surface area (Å²) in [6.07, 6.45) is 0. The van der Waals surface area contributed by atoms with Gasteiger partial charge in [-0.1, -0.05) is 0 Å². The normalized spacial score (nSPS) is 9.87. The van der Waals surface area contributed by atoms with Crippen LogP contribution in [0.2, 0.25) is 0 Å². The average Bonchev–Trinajstić information content (AvgIpc) is 2.27. The lowest BCUT2D eigenvalue weighted by atomic mass is 10.3. The Balaban J connectivity index is 2.97. The molecule has 0 fully saturated rings. The van der Waals surface area contributed by atoms with Crippen molar-refractivity contribution in [3.05, 3.63) is 17.9 Å². The molecule has 0 atom stereocenters. The highest BCUT2D eigenvalue weighted by Gasteiger charge is 2.11. The maximum atomic E-state index is 13.4. The van der Waals surface area contributed by atoms with E-state index < -0.39 is 5.82 Å². The fourth-order valence-corrected chi connectivity index (χ4v) is 1.12. The molecule has 1 aromatic carbocycles. The first-order valence-corrected chi connectivity index (χ1v) is 4.47. The van der Waals surface area contributed by atoms with Gasteiger partial charge in [0.2, 0.25) is 0 Å². The van der Waals surface area contributed by atoms with Gasteiger partial charge in [0, 0.05) is 18.7 Å². The molecule has 4 nitrogen and oxygen atoms in total. The number of hydrogen-bond donors (Lipinski definition) is 1. The van der Waals surface area contributed by atoms with Crippen LogP contribution in [0.25, 0.3) is 0 Å². The first kappa shape index (κ1) is 11.6. The number of nitrogens with two attached hydrogens (primary N) is 1. The highest BCUT2D eigenvalue weighted by molar-refractivity contribution is 5.46. The van der Waals surface area contributed by atoms with Crippen molar-refractivity contribution in [2.24, 2.45) is 5.73 Å². The van der Waals surface area contributed by atoms with Gasteiger partial charge in [0.05, 0.1) is 14.2 Å². The lowest BCUT2D eigenvalue weighted by Crippen LogP contribution is -2.11. The molecule has 0 saturated heterocycles. The topological polar surface area (TPSA) is 53.7 Å². The monoisotopic (exact) mass is 215 g/mol. The summed E-state index contributed by atoms with van der Waals surface area (Å²) in [7, 11) is 2.92. The molecule has 15 heavy (non-hydrogen) atoms. The van der Waals surface area contributed by atoms with E-state index in [0.29, 0.717) is 18.0 Å². The predicted octanol–water partition coefficient (Wildman–Crippen LogP) is 1.18. The van der Waals surface area contributed by atoms with Crippen LogP contribution in [0.4, 0.5) is 4.39 Å². The summed E-state index contributed by atoms with van der Waals surface area (Å²) in [6, 6.07) is 2.65. The second kappa shape index (κ2) is 5.41. The van der Waals surface area contributed by atoms with E-state index in [2.05, 4.69) is 0 Å². The van der Waals surface area contributed by atoms with Crippen LogP contribution in [0, 0.1) is 5.82 Å². The Hall–Kier alpha value is -1.49. The predicted molar refractivity (Wildman–Crippen MR) is 54.1 cm³/mol. The first-order valence-electron chi connectivity index (χ1n) is 4.47. The third kappa shape index (κ3) is 2.73. The maximum Gasteiger partial charge on any atom is 0.169 e. The van der Waals surface area contributed by atoms with Gasteiger partial charge in [-0.25, -0.2) is 4.39 Å². The third-order valence-electron chi connectivity index (χ3n) is 1.81. The minimum atomic E-state index is -0.499. The van der Waals surface area contributed by atoms with Crippen LogP contribution < -0.4 is 19.9 Å². The van der Waals surface area contributed by atoms with Crippen LogP contribution in [-0.2, 0) is 0 Å². The maximum absolute atomic E-state index is 13.4. The molecule has 0 radical (unpaired) electrons. The quantitative estimate of drug-likeness (QED) is 0.801. The number of benzene rings is 1. The van der Waals surface area contributed by atoms with E-state index >= 15 is 0 Å². The van der Waals surface area contributed by atoms with Crippen molar-refractivity contribution in [1.29, 1.82) is 0 Å².